The van der Waals surface area contributed by atoms with Crippen molar-refractivity contribution < 1.29 is 23.5 Å². The minimum Gasteiger partial charge on any atom is -0.465 e. The molecule has 0 fully saturated rings. The lowest BCUT2D eigenvalue weighted by molar-refractivity contribution is 0.0561. The average Bonchev–Trinajstić information content (AvgIpc) is 3.42. The number of nitrogens with zero attached hydrogens (tertiary/aromatic N) is 2. The monoisotopic (exact) mass is 416 g/mol. The second kappa shape index (κ2) is 8.71. The highest BCUT2D eigenvalue weighted by Gasteiger charge is 2.13. The van der Waals surface area contributed by atoms with Crippen molar-refractivity contribution in [3.63, 3.8) is 0 Å². The molecule has 0 amide bonds. The summed E-state index contributed by atoms with van der Waals surface area (Å²) >= 11 is 0. The van der Waals surface area contributed by atoms with Crippen molar-refractivity contribution in [2.75, 3.05) is 14.2 Å². The highest BCUT2D eigenvalue weighted by molar-refractivity contribution is 6.00. The lowest BCUT2D eigenvalue weighted by Gasteiger charge is -2.02. The van der Waals surface area contributed by atoms with Gasteiger partial charge in [-0.25, -0.2) is 9.59 Å². The van der Waals surface area contributed by atoms with Gasteiger partial charge >= 0.3 is 11.9 Å². The van der Waals surface area contributed by atoms with Crippen LogP contribution in [0.2, 0.25) is 0 Å². The third kappa shape index (κ3) is 4.25. The van der Waals surface area contributed by atoms with Gasteiger partial charge < -0.3 is 18.5 Å². The molecule has 31 heavy (non-hydrogen) atoms. The summed E-state index contributed by atoms with van der Waals surface area (Å²) in [5, 5.41) is 1.02. The zero-order valence-corrected chi connectivity index (χ0v) is 17.1. The molecule has 7 nitrogen and oxygen atoms in total. The van der Waals surface area contributed by atoms with E-state index in [-0.39, 0.29) is 5.76 Å². The van der Waals surface area contributed by atoms with Crippen LogP contribution in [0.3, 0.4) is 0 Å². The Bertz CT molecular complexity index is 1280. The van der Waals surface area contributed by atoms with Crippen molar-refractivity contribution in [3.8, 4) is 0 Å². The number of methoxy groups -OCH3 is 2. The number of hydrogen-bond acceptors (Lipinski definition) is 6. The molecule has 0 radical (unpaired) electrons. The summed E-state index contributed by atoms with van der Waals surface area (Å²) in [4.78, 5) is 27.9. The number of esters is 2. The molecule has 7 heteroatoms. The minimum absolute atomic E-state index is 0.168. The summed E-state index contributed by atoms with van der Waals surface area (Å²) in [7, 11) is 2.66. The molecule has 2 heterocycles. The quantitative estimate of drug-likeness (QED) is 0.339. The van der Waals surface area contributed by atoms with E-state index in [0.717, 1.165) is 16.5 Å². The van der Waals surface area contributed by atoms with Crippen LogP contribution in [-0.4, -0.2) is 36.9 Å². The zero-order valence-electron chi connectivity index (χ0n) is 17.1. The normalized spacial score (nSPS) is 11.2. The van der Waals surface area contributed by atoms with Crippen LogP contribution >= 0.6 is 0 Å². The number of aromatic nitrogens is 1. The molecule has 0 N–H and O–H groups in total. The molecular weight excluding hydrogens is 396 g/mol. The average molecular weight is 416 g/mol. The number of furan rings is 1. The van der Waals surface area contributed by atoms with Crippen LogP contribution in [0.4, 0.5) is 5.69 Å². The molecule has 0 aliphatic rings. The van der Waals surface area contributed by atoms with Crippen LogP contribution in [0.1, 0.15) is 32.2 Å². The smallest absolute Gasteiger partial charge is 0.373 e. The SMILES string of the molecule is COC(=O)c1cccc(N=Cc2cn(Cc3ccc(C(=O)OC)o3)c3ccccc23)c1. The first-order valence-electron chi connectivity index (χ1n) is 9.56. The van der Waals surface area contributed by atoms with Crippen molar-refractivity contribution in [3.05, 3.63) is 89.5 Å². The Morgan fingerprint density at radius 3 is 2.61 bits per heavy atom. The van der Waals surface area contributed by atoms with E-state index >= 15 is 0 Å². The van der Waals surface area contributed by atoms with E-state index < -0.39 is 11.9 Å². The largest absolute Gasteiger partial charge is 0.465 e. The molecule has 0 spiro atoms. The predicted octanol–water partition coefficient (Wildman–Crippen LogP) is 4.61. The van der Waals surface area contributed by atoms with Crippen LogP contribution < -0.4 is 0 Å². The van der Waals surface area contributed by atoms with Gasteiger partial charge in [-0.15, -0.1) is 0 Å². The molecule has 156 valence electrons. The Balaban J connectivity index is 1.64. The molecule has 2 aromatic heterocycles. The van der Waals surface area contributed by atoms with Gasteiger partial charge in [0.2, 0.25) is 5.76 Å². The number of rotatable bonds is 6. The van der Waals surface area contributed by atoms with E-state index in [0.29, 0.717) is 23.6 Å². The maximum absolute atomic E-state index is 11.7. The summed E-state index contributed by atoms with van der Waals surface area (Å²) in [5.41, 5.74) is 3.01. The molecule has 0 atom stereocenters. The number of carbonyl (C=O) groups excluding carboxylic acids is 2. The highest BCUT2D eigenvalue weighted by Crippen LogP contribution is 2.23. The standard InChI is InChI=1S/C24H20N2O5/c1-29-23(27)16-6-5-7-18(12-16)25-13-17-14-26(21-9-4-3-8-20(17)21)15-19-10-11-22(31-19)24(28)30-2/h3-14H,15H2,1-2H3. The fraction of sp³-hybridized carbons (Fsp3) is 0.125. The first-order valence-corrected chi connectivity index (χ1v) is 9.56. The van der Waals surface area contributed by atoms with Gasteiger partial charge in [-0.05, 0) is 36.4 Å². The van der Waals surface area contributed by atoms with Gasteiger partial charge in [-0.3, -0.25) is 4.99 Å². The molecular formula is C24H20N2O5. The Labute approximate surface area is 178 Å². The molecule has 4 rings (SSSR count). The highest BCUT2D eigenvalue weighted by atomic mass is 16.5. The van der Waals surface area contributed by atoms with Crippen molar-refractivity contribution in [1.29, 1.82) is 0 Å². The van der Waals surface area contributed by atoms with Crippen molar-refractivity contribution in [2.24, 2.45) is 4.99 Å². The van der Waals surface area contributed by atoms with Gasteiger partial charge in [0.15, 0.2) is 0 Å². The number of ether oxygens (including phenoxy) is 2. The van der Waals surface area contributed by atoms with Gasteiger partial charge in [0.1, 0.15) is 5.76 Å². The molecule has 0 bridgehead atoms. The zero-order chi connectivity index (χ0) is 21.8. The van der Waals surface area contributed by atoms with Gasteiger partial charge in [-0.1, -0.05) is 24.3 Å². The number of fused-ring (bicyclic) bond motifs is 1. The second-order valence-corrected chi connectivity index (χ2v) is 6.79. The molecule has 0 aliphatic heterocycles. The van der Waals surface area contributed by atoms with Crippen molar-refractivity contribution >= 4 is 34.7 Å². The van der Waals surface area contributed by atoms with Crippen LogP contribution in [-0.2, 0) is 16.0 Å². The Kier molecular flexibility index (Phi) is 5.66. The van der Waals surface area contributed by atoms with E-state index in [9.17, 15) is 9.59 Å². The molecule has 0 aliphatic carbocycles. The second-order valence-electron chi connectivity index (χ2n) is 6.79. The lowest BCUT2D eigenvalue weighted by Crippen LogP contribution is -2.00. The van der Waals surface area contributed by atoms with Crippen LogP contribution in [0, 0.1) is 0 Å². The van der Waals surface area contributed by atoms with Crippen LogP contribution in [0.5, 0.6) is 0 Å². The first-order chi connectivity index (χ1) is 15.1. The fourth-order valence-electron chi connectivity index (χ4n) is 3.33. The molecule has 0 unspecified atom stereocenters. The fourth-order valence-corrected chi connectivity index (χ4v) is 3.33. The predicted molar refractivity (Wildman–Crippen MR) is 116 cm³/mol. The van der Waals surface area contributed by atoms with Gasteiger partial charge in [0, 0.05) is 28.9 Å². The number of benzene rings is 2. The van der Waals surface area contributed by atoms with Crippen molar-refractivity contribution in [1.82, 2.24) is 4.57 Å². The third-order valence-corrected chi connectivity index (χ3v) is 4.81. The van der Waals surface area contributed by atoms with E-state index in [1.165, 1.54) is 14.2 Å². The molecule has 2 aromatic carbocycles. The lowest BCUT2D eigenvalue weighted by atomic mass is 10.2. The van der Waals surface area contributed by atoms with Crippen LogP contribution in [0.25, 0.3) is 10.9 Å². The molecule has 0 saturated heterocycles. The Hall–Kier alpha value is -4.13. The molecule has 0 saturated carbocycles. The maximum atomic E-state index is 11.7. The number of aliphatic imine (C=N–C) groups is 1. The number of carbonyl (C=O) groups is 2. The maximum Gasteiger partial charge on any atom is 0.373 e. The van der Waals surface area contributed by atoms with E-state index in [2.05, 4.69) is 4.99 Å². The summed E-state index contributed by atoms with van der Waals surface area (Å²) in [6.07, 6.45) is 3.73. The van der Waals surface area contributed by atoms with E-state index in [4.69, 9.17) is 13.9 Å². The number of para-hydroxylation sites is 1. The van der Waals surface area contributed by atoms with Gasteiger partial charge in [0.05, 0.1) is 32.0 Å². The third-order valence-electron chi connectivity index (χ3n) is 4.81. The Morgan fingerprint density at radius 2 is 1.81 bits per heavy atom. The minimum atomic E-state index is -0.509. The molecule has 4 aromatic rings. The van der Waals surface area contributed by atoms with Crippen LogP contribution in [0.15, 0.2) is 76.3 Å². The number of hydrogen-bond donors (Lipinski definition) is 0. The van der Waals surface area contributed by atoms with Gasteiger partial charge in [-0.2, -0.15) is 0 Å². The van der Waals surface area contributed by atoms with E-state index in [1.54, 1.807) is 36.5 Å². The summed E-state index contributed by atoms with van der Waals surface area (Å²) in [5.74, 6) is -0.110. The summed E-state index contributed by atoms with van der Waals surface area (Å²) in [6, 6.07) is 18.2. The first kappa shape index (κ1) is 20.2. The van der Waals surface area contributed by atoms with E-state index in [1.807, 2.05) is 41.1 Å². The topological polar surface area (TPSA) is 83.0 Å². The van der Waals surface area contributed by atoms with Crippen molar-refractivity contribution in [2.45, 2.75) is 6.54 Å². The van der Waals surface area contributed by atoms with Gasteiger partial charge in [0.25, 0.3) is 0 Å². The summed E-state index contributed by atoms with van der Waals surface area (Å²) < 4.78 is 17.1. The summed E-state index contributed by atoms with van der Waals surface area (Å²) in [6.45, 7) is 0.448. The Morgan fingerprint density at radius 1 is 1.00 bits per heavy atom.